The van der Waals surface area contributed by atoms with Gasteiger partial charge in [0.05, 0.1) is 5.56 Å². The zero-order valence-corrected chi connectivity index (χ0v) is 17.9. The number of benzene rings is 3. The van der Waals surface area contributed by atoms with E-state index in [1.54, 1.807) is 12.1 Å². The number of carbonyl (C=O) groups is 1. The molecular formula is C23H12F9O2S+. The van der Waals surface area contributed by atoms with Crippen LogP contribution >= 0.6 is 10.5 Å². The Kier molecular flexibility index (Phi) is 5.78. The standard InChI is InChI=1S/C23H12F9O2S/c24-21(25,26)20(22(27,28)29,23(30,31)32)34-19(33)13-9-11-14(12-10-13)35-17-7-3-1-5-15(17)16-6-2-4-8-18(16)35/h1-12H/q+1. The van der Waals surface area contributed by atoms with Gasteiger partial charge in [-0.3, -0.25) is 0 Å². The topological polar surface area (TPSA) is 26.3 Å². The van der Waals surface area contributed by atoms with Crippen molar-refractivity contribution in [3.8, 4) is 4.90 Å². The molecular weight excluding hydrogens is 511 g/mol. The predicted octanol–water partition coefficient (Wildman–Crippen LogP) is 8.31. The monoisotopic (exact) mass is 523 g/mol. The molecule has 1 heterocycles. The minimum absolute atomic E-state index is 0.549. The summed E-state index contributed by atoms with van der Waals surface area (Å²) in [5.41, 5.74) is -7.58. The zero-order chi connectivity index (χ0) is 25.8. The van der Waals surface area contributed by atoms with Crippen LogP contribution in [-0.4, -0.2) is 30.1 Å². The molecule has 35 heavy (non-hydrogen) atoms. The predicted molar refractivity (Wildman–Crippen MR) is 112 cm³/mol. The van der Waals surface area contributed by atoms with Crippen LogP contribution in [-0.2, 0) is 4.74 Å². The van der Waals surface area contributed by atoms with Crippen molar-refractivity contribution in [3.63, 3.8) is 0 Å². The summed E-state index contributed by atoms with van der Waals surface area (Å²) in [6, 6.07) is 18.9. The number of hydrogen-bond acceptors (Lipinski definition) is 2. The number of fused-ring (bicyclic) bond motifs is 3. The molecule has 3 aromatic carbocycles. The van der Waals surface area contributed by atoms with Gasteiger partial charge in [-0.1, -0.05) is 24.3 Å². The third-order valence-corrected chi connectivity index (χ3v) is 7.61. The van der Waals surface area contributed by atoms with Crippen LogP contribution in [0.1, 0.15) is 10.4 Å². The van der Waals surface area contributed by atoms with Gasteiger partial charge in [-0.15, -0.1) is 0 Å². The van der Waals surface area contributed by atoms with E-state index >= 15 is 0 Å². The van der Waals surface area contributed by atoms with Gasteiger partial charge < -0.3 is 4.74 Å². The maximum absolute atomic E-state index is 13.1. The smallest absolute Gasteiger partial charge is 0.428 e. The van der Waals surface area contributed by atoms with Gasteiger partial charge in [-0.25, -0.2) is 4.79 Å². The van der Waals surface area contributed by atoms with Crippen molar-refractivity contribution < 1.29 is 49.0 Å². The third kappa shape index (κ3) is 3.89. The second kappa shape index (κ2) is 8.14. The van der Waals surface area contributed by atoms with Crippen LogP contribution < -0.4 is 0 Å². The number of halogens is 9. The molecule has 0 unspecified atom stereocenters. The quantitative estimate of drug-likeness (QED) is 0.153. The van der Waals surface area contributed by atoms with E-state index in [9.17, 15) is 44.3 Å². The van der Waals surface area contributed by atoms with Gasteiger partial charge in [0.2, 0.25) is 0 Å². The van der Waals surface area contributed by atoms with Crippen molar-refractivity contribution >= 4 is 36.6 Å². The van der Waals surface area contributed by atoms with E-state index in [4.69, 9.17) is 0 Å². The van der Waals surface area contributed by atoms with Gasteiger partial charge in [-0.05, 0) is 48.5 Å². The Morgan fingerprint density at radius 1 is 0.600 bits per heavy atom. The largest absolute Gasteiger partial charge is 0.447 e. The molecule has 0 aliphatic carbocycles. The van der Waals surface area contributed by atoms with Crippen LogP contribution in [0.25, 0.3) is 25.1 Å². The van der Waals surface area contributed by atoms with Crippen molar-refractivity contribution in [1.82, 2.24) is 0 Å². The van der Waals surface area contributed by atoms with E-state index in [1.807, 2.05) is 36.4 Å². The lowest BCUT2D eigenvalue weighted by atomic mass is 10.0. The summed E-state index contributed by atoms with van der Waals surface area (Å²) >= 11 is 0. The SMILES string of the molecule is O=C(OC(C(F)(F)F)(C(F)(F)F)C(F)(F)F)c1ccc(-[s+]2c3ccccc3c3ccccc32)cc1. The third-order valence-electron chi connectivity index (χ3n) is 5.27. The van der Waals surface area contributed by atoms with Crippen LogP contribution in [0, 0.1) is 0 Å². The van der Waals surface area contributed by atoms with Gasteiger partial charge >= 0.3 is 30.1 Å². The van der Waals surface area contributed by atoms with E-state index in [2.05, 4.69) is 4.74 Å². The number of thiophene rings is 1. The highest BCUT2D eigenvalue weighted by atomic mass is 32.2. The zero-order valence-electron chi connectivity index (χ0n) is 17.1. The van der Waals surface area contributed by atoms with Crippen molar-refractivity contribution in [1.29, 1.82) is 0 Å². The lowest BCUT2D eigenvalue weighted by Gasteiger charge is -2.37. The summed E-state index contributed by atoms with van der Waals surface area (Å²) in [6.45, 7) is 0. The Morgan fingerprint density at radius 2 is 1.00 bits per heavy atom. The van der Waals surface area contributed by atoms with Gasteiger partial charge in [0.25, 0.3) is 0 Å². The molecule has 0 saturated carbocycles. The van der Waals surface area contributed by atoms with Crippen LogP contribution in [0.4, 0.5) is 39.5 Å². The Labute approximate surface area is 193 Å². The Morgan fingerprint density at radius 3 is 1.40 bits per heavy atom. The highest BCUT2D eigenvalue weighted by Crippen LogP contribution is 2.55. The summed E-state index contributed by atoms with van der Waals surface area (Å²) in [6.07, 6.45) is -21.0. The first-order valence-electron chi connectivity index (χ1n) is 9.65. The highest BCUT2D eigenvalue weighted by Gasteiger charge is 2.87. The molecule has 12 heteroatoms. The maximum atomic E-state index is 13.1. The lowest BCUT2D eigenvalue weighted by Crippen LogP contribution is -2.68. The fraction of sp³-hybridized carbons (Fsp3) is 0.174. The average molecular weight is 523 g/mol. The van der Waals surface area contributed by atoms with Crippen molar-refractivity contribution in [2.45, 2.75) is 24.1 Å². The van der Waals surface area contributed by atoms with Gasteiger partial charge in [-0.2, -0.15) is 39.5 Å². The molecule has 0 radical (unpaired) electrons. The second-order valence-corrected chi connectivity index (χ2v) is 9.35. The molecule has 0 N–H and O–H groups in total. The summed E-state index contributed by atoms with van der Waals surface area (Å²) < 4.78 is 123. The molecule has 184 valence electrons. The number of ether oxygens (including phenoxy) is 1. The van der Waals surface area contributed by atoms with Crippen molar-refractivity contribution in [2.75, 3.05) is 0 Å². The Balaban J connectivity index is 1.76. The molecule has 2 nitrogen and oxygen atoms in total. The normalized spacial score (nSPS) is 13.4. The van der Waals surface area contributed by atoms with Crippen molar-refractivity contribution in [3.05, 3.63) is 78.4 Å². The summed E-state index contributed by atoms with van der Waals surface area (Å²) in [5.74, 6) is -2.42. The highest BCUT2D eigenvalue weighted by molar-refractivity contribution is 7.50. The molecule has 4 aromatic rings. The van der Waals surface area contributed by atoms with Crippen LogP contribution in [0.5, 0.6) is 0 Å². The minimum atomic E-state index is -7.00. The Bertz CT molecular complexity index is 1310. The molecule has 0 atom stereocenters. The van der Waals surface area contributed by atoms with E-state index in [-0.39, 0.29) is 0 Å². The molecule has 4 rings (SSSR count). The molecule has 0 fully saturated rings. The number of rotatable bonds is 3. The molecule has 0 amide bonds. The first kappa shape index (κ1) is 24.8. The van der Waals surface area contributed by atoms with Crippen LogP contribution in [0.2, 0.25) is 0 Å². The molecule has 1 aromatic heterocycles. The molecule has 0 aliphatic rings. The molecule has 0 aliphatic heterocycles. The first-order valence-corrected chi connectivity index (χ1v) is 10.9. The Hall–Kier alpha value is -3.28. The molecule has 0 bridgehead atoms. The first-order chi connectivity index (χ1) is 16.2. The van der Waals surface area contributed by atoms with Crippen LogP contribution in [0.15, 0.2) is 72.8 Å². The summed E-state index contributed by atoms with van der Waals surface area (Å²) in [7, 11) is -0.715. The van der Waals surface area contributed by atoms with Gasteiger partial charge in [0.1, 0.15) is 0 Å². The summed E-state index contributed by atoms with van der Waals surface area (Å²) in [5, 5.41) is 1.86. The molecule has 0 saturated heterocycles. The fourth-order valence-electron chi connectivity index (χ4n) is 3.69. The van der Waals surface area contributed by atoms with E-state index in [0.717, 1.165) is 32.3 Å². The number of hydrogen-bond donors (Lipinski definition) is 0. The van der Waals surface area contributed by atoms with Gasteiger partial charge in [0, 0.05) is 21.2 Å². The fourth-order valence-corrected chi connectivity index (χ4v) is 6.07. The number of carbonyl (C=O) groups excluding carboxylic acids is 1. The van der Waals surface area contributed by atoms with E-state index in [0.29, 0.717) is 4.90 Å². The minimum Gasteiger partial charge on any atom is -0.428 e. The number of esters is 1. The van der Waals surface area contributed by atoms with E-state index in [1.165, 1.54) is 12.1 Å². The van der Waals surface area contributed by atoms with Gasteiger partial charge in [0.15, 0.2) is 14.3 Å². The van der Waals surface area contributed by atoms with E-state index < -0.39 is 46.1 Å². The summed E-state index contributed by atoms with van der Waals surface area (Å²) in [4.78, 5) is 12.7. The van der Waals surface area contributed by atoms with Crippen molar-refractivity contribution in [2.24, 2.45) is 0 Å². The average Bonchev–Trinajstić information content (AvgIpc) is 3.09. The number of alkyl halides is 9. The second-order valence-electron chi connectivity index (χ2n) is 7.39. The van der Waals surface area contributed by atoms with Crippen LogP contribution in [0.3, 0.4) is 0 Å². The maximum Gasteiger partial charge on any atom is 0.447 e. The lowest BCUT2D eigenvalue weighted by molar-refractivity contribution is -0.443. The molecule has 0 spiro atoms.